The van der Waals surface area contributed by atoms with Gasteiger partial charge in [0, 0.05) is 11.6 Å². The maximum Gasteiger partial charge on any atom is 0.326 e. The molecule has 25 heavy (non-hydrogen) atoms. The summed E-state index contributed by atoms with van der Waals surface area (Å²) in [7, 11) is 0. The molecule has 0 unspecified atom stereocenters. The van der Waals surface area contributed by atoms with Crippen molar-refractivity contribution in [3.8, 4) is 0 Å². The average molecular weight is 352 g/mol. The molecule has 2 aromatic rings. The standard InChI is InChI=1S/C17H16F3N3O2/c1-10(12-7-6-11(18)8-14(12)20)21-9-16(24)23-17(25)22-15-5-3-2-4-13(15)19/h2-8,10,21H,9H2,1H3,(H2,22,23,24,25)/p+1/t10-/m1/s1. The van der Waals surface area contributed by atoms with Gasteiger partial charge in [-0.25, -0.2) is 18.0 Å². The second-order valence-corrected chi connectivity index (χ2v) is 5.38. The van der Waals surface area contributed by atoms with Crippen LogP contribution in [0.25, 0.3) is 0 Å². The van der Waals surface area contributed by atoms with Crippen LogP contribution in [0.2, 0.25) is 0 Å². The van der Waals surface area contributed by atoms with Crippen molar-refractivity contribution in [3.05, 3.63) is 65.5 Å². The smallest absolute Gasteiger partial charge is 0.326 e. The minimum absolute atomic E-state index is 0.0569. The van der Waals surface area contributed by atoms with Gasteiger partial charge < -0.3 is 10.6 Å². The molecule has 0 saturated heterocycles. The van der Waals surface area contributed by atoms with Gasteiger partial charge in [0.25, 0.3) is 5.91 Å². The van der Waals surface area contributed by atoms with Crippen LogP contribution in [0.15, 0.2) is 42.5 Å². The molecular weight excluding hydrogens is 335 g/mol. The second-order valence-electron chi connectivity index (χ2n) is 5.38. The Morgan fingerprint density at radius 2 is 1.80 bits per heavy atom. The number of hydrogen-bond acceptors (Lipinski definition) is 2. The Balaban J connectivity index is 1.83. The molecule has 0 heterocycles. The number of benzene rings is 2. The summed E-state index contributed by atoms with van der Waals surface area (Å²) in [5.74, 6) is -2.65. The molecule has 0 fully saturated rings. The highest BCUT2D eigenvalue weighted by molar-refractivity contribution is 6.01. The lowest BCUT2D eigenvalue weighted by molar-refractivity contribution is -0.682. The maximum absolute atomic E-state index is 13.7. The minimum atomic E-state index is -0.871. The van der Waals surface area contributed by atoms with Crippen LogP contribution < -0.4 is 16.0 Å². The number of imide groups is 1. The largest absolute Gasteiger partial charge is 0.332 e. The van der Waals surface area contributed by atoms with Crippen molar-refractivity contribution >= 4 is 17.6 Å². The molecule has 0 spiro atoms. The fraction of sp³-hybridized carbons (Fsp3) is 0.176. The van der Waals surface area contributed by atoms with Crippen molar-refractivity contribution in [1.29, 1.82) is 0 Å². The lowest BCUT2D eigenvalue weighted by Gasteiger charge is -2.12. The number of para-hydroxylation sites is 1. The van der Waals surface area contributed by atoms with E-state index in [9.17, 15) is 22.8 Å². The molecule has 4 N–H and O–H groups in total. The molecule has 2 aromatic carbocycles. The van der Waals surface area contributed by atoms with Gasteiger partial charge in [-0.1, -0.05) is 12.1 Å². The zero-order valence-corrected chi connectivity index (χ0v) is 13.4. The van der Waals surface area contributed by atoms with Gasteiger partial charge in [0.05, 0.1) is 5.69 Å². The third-order valence-corrected chi connectivity index (χ3v) is 3.48. The Hall–Kier alpha value is -2.87. The number of urea groups is 1. The van der Waals surface area contributed by atoms with Gasteiger partial charge in [-0.05, 0) is 31.2 Å². The van der Waals surface area contributed by atoms with Crippen LogP contribution in [-0.2, 0) is 4.79 Å². The Bertz CT molecular complexity index is 783. The number of quaternary nitrogens is 1. The van der Waals surface area contributed by atoms with Crippen LogP contribution in [0.4, 0.5) is 23.7 Å². The molecule has 0 radical (unpaired) electrons. The molecule has 2 rings (SSSR count). The quantitative estimate of drug-likeness (QED) is 0.771. The molecule has 3 amide bonds. The van der Waals surface area contributed by atoms with E-state index in [-0.39, 0.29) is 17.8 Å². The van der Waals surface area contributed by atoms with Gasteiger partial charge in [-0.2, -0.15) is 0 Å². The Kier molecular flexibility index (Phi) is 6.13. The summed E-state index contributed by atoms with van der Waals surface area (Å²) >= 11 is 0. The third kappa shape index (κ3) is 5.32. The van der Waals surface area contributed by atoms with Gasteiger partial charge in [0.2, 0.25) is 0 Å². The van der Waals surface area contributed by atoms with E-state index >= 15 is 0 Å². The van der Waals surface area contributed by atoms with Crippen molar-refractivity contribution in [2.75, 3.05) is 11.9 Å². The number of carbonyl (C=O) groups is 2. The van der Waals surface area contributed by atoms with Crippen molar-refractivity contribution < 1.29 is 28.1 Å². The highest BCUT2D eigenvalue weighted by atomic mass is 19.1. The first-order valence-corrected chi connectivity index (χ1v) is 7.50. The van der Waals surface area contributed by atoms with Crippen molar-refractivity contribution in [1.82, 2.24) is 5.32 Å². The van der Waals surface area contributed by atoms with Crippen molar-refractivity contribution in [2.45, 2.75) is 13.0 Å². The van der Waals surface area contributed by atoms with E-state index < -0.39 is 35.4 Å². The van der Waals surface area contributed by atoms with Crippen molar-refractivity contribution in [2.24, 2.45) is 0 Å². The highest BCUT2D eigenvalue weighted by Gasteiger charge is 2.17. The first kappa shape index (κ1) is 18.5. The number of halogens is 3. The van der Waals surface area contributed by atoms with E-state index in [2.05, 4.69) is 5.32 Å². The fourth-order valence-electron chi connectivity index (χ4n) is 2.18. The van der Waals surface area contributed by atoms with Crippen LogP contribution in [0.1, 0.15) is 18.5 Å². The summed E-state index contributed by atoms with van der Waals surface area (Å²) in [6.45, 7) is 1.48. The molecule has 1 atom stereocenters. The average Bonchev–Trinajstić information content (AvgIpc) is 2.54. The summed E-state index contributed by atoms with van der Waals surface area (Å²) in [6.07, 6.45) is 0. The predicted octanol–water partition coefficient (Wildman–Crippen LogP) is 2.08. The molecule has 0 bridgehead atoms. The second kappa shape index (κ2) is 8.29. The minimum Gasteiger partial charge on any atom is -0.332 e. The SMILES string of the molecule is C[C@@H]([NH2+]CC(=O)NC(=O)Nc1ccccc1F)c1ccc(F)cc1F. The number of anilines is 1. The molecule has 0 aliphatic rings. The van der Waals surface area contributed by atoms with Gasteiger partial charge >= 0.3 is 6.03 Å². The number of nitrogens with two attached hydrogens (primary N) is 1. The van der Waals surface area contributed by atoms with E-state index in [1.54, 1.807) is 6.92 Å². The summed E-state index contributed by atoms with van der Waals surface area (Å²) in [5.41, 5.74) is 0.184. The summed E-state index contributed by atoms with van der Waals surface area (Å²) in [4.78, 5) is 23.4. The first-order valence-electron chi connectivity index (χ1n) is 7.50. The zero-order valence-electron chi connectivity index (χ0n) is 13.4. The molecule has 0 aliphatic carbocycles. The zero-order chi connectivity index (χ0) is 18.4. The van der Waals surface area contributed by atoms with Gasteiger partial charge in [0.1, 0.15) is 23.5 Å². The Labute approximate surface area is 142 Å². The first-order chi connectivity index (χ1) is 11.9. The summed E-state index contributed by atoms with van der Waals surface area (Å²) in [6, 6.07) is 7.39. The maximum atomic E-state index is 13.7. The normalized spacial score (nSPS) is 11.7. The number of amides is 3. The number of carbonyl (C=O) groups excluding carboxylic acids is 2. The lowest BCUT2D eigenvalue weighted by Crippen LogP contribution is -2.87. The molecule has 132 valence electrons. The van der Waals surface area contributed by atoms with Crippen LogP contribution in [0.5, 0.6) is 0 Å². The van der Waals surface area contributed by atoms with Gasteiger partial charge in [0.15, 0.2) is 6.54 Å². The summed E-state index contributed by atoms with van der Waals surface area (Å²) in [5, 5.41) is 5.75. The highest BCUT2D eigenvalue weighted by Crippen LogP contribution is 2.14. The molecule has 8 heteroatoms. The van der Waals surface area contributed by atoms with Crippen LogP contribution in [0, 0.1) is 17.5 Å². The molecule has 0 aliphatic heterocycles. The lowest BCUT2D eigenvalue weighted by atomic mass is 10.1. The third-order valence-electron chi connectivity index (χ3n) is 3.48. The molecule has 0 aromatic heterocycles. The predicted molar refractivity (Wildman–Crippen MR) is 85.1 cm³/mol. The van der Waals surface area contributed by atoms with Gasteiger partial charge in [-0.3, -0.25) is 10.1 Å². The fourth-order valence-corrected chi connectivity index (χ4v) is 2.18. The Morgan fingerprint density at radius 3 is 2.48 bits per heavy atom. The molecule has 5 nitrogen and oxygen atoms in total. The van der Waals surface area contributed by atoms with Crippen LogP contribution >= 0.6 is 0 Å². The monoisotopic (exact) mass is 352 g/mol. The molecule has 0 saturated carbocycles. The summed E-state index contributed by atoms with van der Waals surface area (Å²) < 4.78 is 39.9. The number of nitrogens with one attached hydrogen (secondary N) is 2. The van der Waals surface area contributed by atoms with Gasteiger partial charge in [-0.15, -0.1) is 0 Å². The van der Waals surface area contributed by atoms with Crippen LogP contribution in [0.3, 0.4) is 0 Å². The molecular formula is C17H17F3N3O2+. The van der Waals surface area contributed by atoms with Crippen molar-refractivity contribution in [3.63, 3.8) is 0 Å². The number of rotatable bonds is 5. The van der Waals surface area contributed by atoms with E-state index in [1.807, 2.05) is 5.32 Å². The van der Waals surface area contributed by atoms with E-state index in [0.717, 1.165) is 12.1 Å². The number of hydrogen-bond donors (Lipinski definition) is 3. The topological polar surface area (TPSA) is 74.8 Å². The van der Waals surface area contributed by atoms with Crippen LogP contribution in [-0.4, -0.2) is 18.5 Å². The van der Waals surface area contributed by atoms with E-state index in [1.165, 1.54) is 35.6 Å². The van der Waals surface area contributed by atoms with E-state index in [0.29, 0.717) is 0 Å². The Morgan fingerprint density at radius 1 is 1.08 bits per heavy atom. The van der Waals surface area contributed by atoms with E-state index in [4.69, 9.17) is 0 Å².